The Kier molecular flexibility index (Phi) is 8.33. The van der Waals surface area contributed by atoms with Crippen LogP contribution in [0.2, 0.25) is 0 Å². The lowest BCUT2D eigenvalue weighted by Crippen LogP contribution is -2.41. The minimum atomic E-state index is -0.234. The van der Waals surface area contributed by atoms with Gasteiger partial charge in [0.15, 0.2) is 0 Å². The van der Waals surface area contributed by atoms with Crippen molar-refractivity contribution in [2.45, 2.75) is 65.4 Å². The van der Waals surface area contributed by atoms with Crippen molar-refractivity contribution in [1.29, 1.82) is 0 Å². The van der Waals surface area contributed by atoms with Gasteiger partial charge in [0.25, 0.3) is 0 Å². The van der Waals surface area contributed by atoms with Crippen LogP contribution in [0.15, 0.2) is 18.2 Å². The molecule has 0 aliphatic carbocycles. The van der Waals surface area contributed by atoms with Crippen LogP contribution in [0.4, 0.5) is 0 Å². The molecule has 2 rings (SSSR count). The molecule has 1 aromatic rings. The Bertz CT molecular complexity index is 593. The third-order valence-corrected chi connectivity index (χ3v) is 4.83. The number of carbonyl (C=O) groups is 1. The Balaban J connectivity index is 0.00000364. The quantitative estimate of drug-likeness (QED) is 0.697. The molecule has 1 fully saturated rings. The van der Waals surface area contributed by atoms with Crippen molar-refractivity contribution in [3.05, 3.63) is 34.9 Å². The highest BCUT2D eigenvalue weighted by molar-refractivity contribution is 5.90. The van der Waals surface area contributed by atoms with Crippen molar-refractivity contribution in [1.82, 2.24) is 4.90 Å². The maximum Gasteiger partial charge on any atom is 0.338 e. The Morgan fingerprint density at radius 2 is 1.52 bits per heavy atom. The van der Waals surface area contributed by atoms with Gasteiger partial charge in [0.2, 0.25) is 0 Å². The van der Waals surface area contributed by atoms with Crippen molar-refractivity contribution in [2.75, 3.05) is 32.8 Å². The van der Waals surface area contributed by atoms with Crippen molar-refractivity contribution in [2.24, 2.45) is 0 Å². The first-order valence-electron chi connectivity index (χ1n) is 9.64. The predicted molar refractivity (Wildman–Crippen MR) is 113 cm³/mol. The summed E-state index contributed by atoms with van der Waals surface area (Å²) in [5, 5.41) is 0. The molecule has 0 N–H and O–H groups in total. The van der Waals surface area contributed by atoms with Crippen LogP contribution in [0, 0.1) is 0 Å². The summed E-state index contributed by atoms with van der Waals surface area (Å²) < 4.78 is 11.1. The molecule has 4 nitrogen and oxygen atoms in total. The van der Waals surface area contributed by atoms with E-state index in [4.69, 9.17) is 9.47 Å². The van der Waals surface area contributed by atoms with Crippen LogP contribution < -0.4 is 0 Å². The van der Waals surface area contributed by atoms with Gasteiger partial charge in [0.1, 0.15) is 6.10 Å². The zero-order chi connectivity index (χ0) is 19.5. The van der Waals surface area contributed by atoms with Gasteiger partial charge in [-0.1, -0.05) is 47.6 Å². The van der Waals surface area contributed by atoms with Gasteiger partial charge in [-0.25, -0.2) is 4.79 Å². The fourth-order valence-electron chi connectivity index (χ4n) is 3.05. The number of morpholine rings is 1. The van der Waals surface area contributed by atoms with Crippen LogP contribution in [0.5, 0.6) is 0 Å². The minimum Gasteiger partial charge on any atom is -0.458 e. The molecule has 1 heterocycles. The van der Waals surface area contributed by atoms with E-state index in [1.807, 2.05) is 19.1 Å². The summed E-state index contributed by atoms with van der Waals surface area (Å²) in [7, 11) is 0. The maximum atomic E-state index is 12.8. The lowest BCUT2D eigenvalue weighted by Gasteiger charge is -2.29. The number of carbonyl (C=O) groups excluding carboxylic acids is 1. The van der Waals surface area contributed by atoms with Gasteiger partial charge >= 0.3 is 5.97 Å². The number of halogens is 1. The fraction of sp³-hybridized carbons (Fsp3) is 0.682. The second-order valence-corrected chi connectivity index (χ2v) is 9.43. The van der Waals surface area contributed by atoms with Crippen LogP contribution in [0.25, 0.3) is 0 Å². The molecule has 0 radical (unpaired) electrons. The van der Waals surface area contributed by atoms with Gasteiger partial charge in [0, 0.05) is 19.6 Å². The Morgan fingerprint density at radius 3 is 1.96 bits per heavy atom. The molecule has 1 unspecified atom stereocenters. The van der Waals surface area contributed by atoms with E-state index in [0.29, 0.717) is 5.56 Å². The molecule has 1 atom stereocenters. The molecule has 1 aliphatic rings. The van der Waals surface area contributed by atoms with Crippen molar-refractivity contribution in [3.63, 3.8) is 0 Å². The van der Waals surface area contributed by atoms with E-state index < -0.39 is 0 Å². The maximum absolute atomic E-state index is 12.8. The molecule has 5 heteroatoms. The average molecular weight is 398 g/mol. The number of hydrogen-bond acceptors (Lipinski definition) is 4. The molecular weight excluding hydrogens is 362 g/mol. The summed E-state index contributed by atoms with van der Waals surface area (Å²) in [4.78, 5) is 15.1. The summed E-state index contributed by atoms with van der Waals surface area (Å²) >= 11 is 0. The summed E-state index contributed by atoms with van der Waals surface area (Å²) in [6.45, 7) is 19.0. The normalized spacial score (nSPS) is 17.1. The van der Waals surface area contributed by atoms with Crippen molar-refractivity contribution < 1.29 is 14.3 Å². The van der Waals surface area contributed by atoms with Crippen LogP contribution >= 0.6 is 12.4 Å². The van der Waals surface area contributed by atoms with Gasteiger partial charge < -0.3 is 9.47 Å². The second-order valence-electron chi connectivity index (χ2n) is 9.43. The SMILES string of the molecule is CC(CN1CCOCC1)OC(=O)c1cc(C(C)(C)C)cc(C(C)(C)C)c1.Cl. The fourth-order valence-corrected chi connectivity index (χ4v) is 3.05. The smallest absolute Gasteiger partial charge is 0.338 e. The molecule has 0 spiro atoms. The molecule has 27 heavy (non-hydrogen) atoms. The summed E-state index contributed by atoms with van der Waals surface area (Å²) in [6.07, 6.45) is -0.142. The molecule has 1 aliphatic heterocycles. The van der Waals surface area contributed by atoms with Gasteiger partial charge in [-0.2, -0.15) is 0 Å². The predicted octanol–water partition coefficient (Wildman–Crippen LogP) is 4.58. The highest BCUT2D eigenvalue weighted by Crippen LogP contribution is 2.30. The van der Waals surface area contributed by atoms with E-state index in [2.05, 4.69) is 52.5 Å². The Hall–Kier alpha value is -1.10. The lowest BCUT2D eigenvalue weighted by atomic mass is 9.79. The van der Waals surface area contributed by atoms with Crippen molar-refractivity contribution >= 4 is 18.4 Å². The first-order valence-corrected chi connectivity index (χ1v) is 9.64. The first-order chi connectivity index (χ1) is 12.0. The van der Waals surface area contributed by atoms with E-state index in [9.17, 15) is 4.79 Å². The highest BCUT2D eigenvalue weighted by atomic mass is 35.5. The third-order valence-electron chi connectivity index (χ3n) is 4.83. The number of ether oxygens (including phenoxy) is 2. The standard InChI is InChI=1S/C22H35NO3.ClH/c1-16(15-23-8-10-25-11-9-23)26-20(24)17-12-18(21(2,3)4)14-19(13-17)22(5,6)7;/h12-14,16H,8-11,15H2,1-7H3;1H. The van der Waals surface area contributed by atoms with Crippen LogP contribution in [-0.2, 0) is 20.3 Å². The lowest BCUT2D eigenvalue weighted by molar-refractivity contribution is 0.000431. The van der Waals surface area contributed by atoms with Gasteiger partial charge in [-0.05, 0) is 41.0 Å². The highest BCUT2D eigenvalue weighted by Gasteiger charge is 2.24. The van der Waals surface area contributed by atoms with E-state index >= 15 is 0 Å². The third kappa shape index (κ3) is 7.10. The van der Waals surface area contributed by atoms with Crippen LogP contribution in [-0.4, -0.2) is 49.8 Å². The van der Waals surface area contributed by atoms with E-state index in [1.54, 1.807) is 0 Å². The van der Waals surface area contributed by atoms with Crippen LogP contribution in [0.1, 0.15) is 70.0 Å². The number of nitrogens with zero attached hydrogens (tertiary/aromatic N) is 1. The number of benzene rings is 1. The number of hydrogen-bond donors (Lipinski definition) is 0. The van der Waals surface area contributed by atoms with Crippen LogP contribution in [0.3, 0.4) is 0 Å². The average Bonchev–Trinajstić information content (AvgIpc) is 2.53. The zero-order valence-corrected chi connectivity index (χ0v) is 18.7. The van der Waals surface area contributed by atoms with E-state index in [-0.39, 0.29) is 35.3 Å². The summed E-state index contributed by atoms with van der Waals surface area (Å²) in [6, 6.07) is 6.19. The number of rotatable bonds is 4. The summed E-state index contributed by atoms with van der Waals surface area (Å²) in [5.41, 5.74) is 2.94. The monoisotopic (exact) mass is 397 g/mol. The first kappa shape index (κ1) is 23.9. The van der Waals surface area contributed by atoms with Crippen molar-refractivity contribution in [3.8, 4) is 0 Å². The Morgan fingerprint density at radius 1 is 1.04 bits per heavy atom. The zero-order valence-electron chi connectivity index (χ0n) is 17.9. The minimum absolute atomic E-state index is 0. The molecule has 0 amide bonds. The molecule has 0 aromatic heterocycles. The van der Waals surface area contributed by atoms with Gasteiger partial charge in [0.05, 0.1) is 18.8 Å². The molecule has 154 valence electrons. The molecular formula is C22H36ClNO3. The summed E-state index contributed by atoms with van der Waals surface area (Å²) in [5.74, 6) is -0.234. The Labute approximate surface area is 171 Å². The molecule has 0 saturated carbocycles. The topological polar surface area (TPSA) is 38.8 Å². The van der Waals surface area contributed by atoms with E-state index in [1.165, 1.54) is 0 Å². The largest absolute Gasteiger partial charge is 0.458 e. The second kappa shape index (κ2) is 9.40. The molecule has 0 bridgehead atoms. The van der Waals surface area contributed by atoms with E-state index in [0.717, 1.165) is 44.0 Å². The van der Waals surface area contributed by atoms with Gasteiger partial charge in [-0.3, -0.25) is 4.90 Å². The van der Waals surface area contributed by atoms with Gasteiger partial charge in [-0.15, -0.1) is 12.4 Å². The molecule has 1 aromatic carbocycles. The molecule has 1 saturated heterocycles. The number of esters is 1.